The van der Waals surface area contributed by atoms with Gasteiger partial charge in [0.15, 0.2) is 12.1 Å². The number of nitro benzene ring substituents is 1. The van der Waals surface area contributed by atoms with Crippen molar-refractivity contribution in [2.75, 3.05) is 62.7 Å². The van der Waals surface area contributed by atoms with E-state index in [0.717, 1.165) is 88.4 Å². The number of carbonyl (C=O) groups is 1. The second-order valence-corrected chi connectivity index (χ2v) is 20.9. The van der Waals surface area contributed by atoms with Crippen LogP contribution in [0.3, 0.4) is 0 Å². The Morgan fingerprint density at radius 2 is 1.83 bits per heavy atom. The molecule has 65 heavy (non-hydrogen) atoms. The number of pyridine rings is 1. The van der Waals surface area contributed by atoms with Crippen LogP contribution in [0, 0.1) is 39.7 Å². The molecule has 1 spiro atoms. The van der Waals surface area contributed by atoms with Crippen LogP contribution >= 0.6 is 0 Å². The molecule has 0 radical (unpaired) electrons. The number of benzene rings is 2. The Morgan fingerprint density at radius 1 is 1.02 bits per heavy atom. The Kier molecular flexibility index (Phi) is 11.8. The van der Waals surface area contributed by atoms with Gasteiger partial charge in [0, 0.05) is 88.3 Å². The van der Waals surface area contributed by atoms with Crippen LogP contribution in [-0.2, 0) is 29.0 Å². The van der Waals surface area contributed by atoms with Gasteiger partial charge in [-0.25, -0.2) is 18.1 Å². The lowest BCUT2D eigenvalue weighted by Gasteiger charge is -2.58. The summed E-state index contributed by atoms with van der Waals surface area (Å²) in [7, 11) is -4.56. The van der Waals surface area contributed by atoms with E-state index in [1.165, 1.54) is 24.8 Å². The number of nitrogens with one attached hydrogen (secondary N) is 3. The molecule has 5 saturated heterocycles. The first-order valence-corrected chi connectivity index (χ1v) is 24.7. The smallest absolute Gasteiger partial charge is 0.293 e. The molecule has 2 bridgehead atoms. The lowest BCUT2D eigenvalue weighted by molar-refractivity contribution is -0.384. The second kappa shape index (κ2) is 17.4. The van der Waals surface area contributed by atoms with E-state index in [4.69, 9.17) is 23.7 Å². The highest BCUT2D eigenvalue weighted by Crippen LogP contribution is 2.63. The molecular weight excluding hydrogens is 855 g/mol. The van der Waals surface area contributed by atoms with E-state index >= 15 is 0 Å². The molecule has 17 nitrogen and oxygen atoms in total. The molecule has 348 valence electrons. The molecule has 1 saturated carbocycles. The molecule has 0 unspecified atom stereocenters. The van der Waals surface area contributed by atoms with E-state index in [0.29, 0.717) is 54.8 Å². The van der Waals surface area contributed by atoms with Crippen LogP contribution in [0.4, 0.5) is 17.1 Å². The van der Waals surface area contributed by atoms with Crippen LogP contribution in [0.5, 0.6) is 11.5 Å². The van der Waals surface area contributed by atoms with E-state index in [1.807, 2.05) is 6.07 Å². The largest absolute Gasteiger partial charge is 0.455 e. The maximum atomic E-state index is 13.9. The normalized spacial score (nSPS) is 30.5. The third-order valence-corrected chi connectivity index (χ3v) is 16.6. The van der Waals surface area contributed by atoms with Gasteiger partial charge in [0.05, 0.1) is 27.7 Å². The average molecular weight is 914 g/mol. The zero-order chi connectivity index (χ0) is 45.1. The molecular formula is C47H59N7O10S. The summed E-state index contributed by atoms with van der Waals surface area (Å²) in [4.78, 5) is 37.2. The number of fused-ring (bicyclic) bond motifs is 2. The number of piperazine rings is 1. The Morgan fingerprint density at radius 3 is 2.63 bits per heavy atom. The first-order valence-electron chi connectivity index (χ1n) is 23.2. The maximum Gasteiger partial charge on any atom is 0.293 e. The highest BCUT2D eigenvalue weighted by atomic mass is 32.2. The lowest BCUT2D eigenvalue weighted by Crippen LogP contribution is -2.66. The molecule has 2 aromatic heterocycles. The van der Waals surface area contributed by atoms with Crippen molar-refractivity contribution < 1.29 is 41.8 Å². The molecule has 2 aromatic carbocycles. The molecule has 7 heterocycles. The number of ether oxygens (including phenoxy) is 5. The number of hydrogen-bond donors (Lipinski definition) is 3. The monoisotopic (exact) mass is 913 g/mol. The quantitative estimate of drug-likeness (QED) is 0.0910. The number of aromatic amines is 1. The number of nitrogens with zero attached hydrogens (tertiary/aromatic N) is 4. The van der Waals surface area contributed by atoms with Crippen molar-refractivity contribution in [3.05, 3.63) is 76.6 Å². The number of amides is 1. The van der Waals surface area contributed by atoms with Crippen molar-refractivity contribution in [3.8, 4) is 11.5 Å². The fraction of sp³-hybridized carbons (Fsp3) is 0.574. The van der Waals surface area contributed by atoms with Crippen molar-refractivity contribution >= 4 is 44.0 Å². The number of nitro groups is 1. The second-order valence-electron chi connectivity index (χ2n) is 19.2. The molecule has 18 heteroatoms. The number of rotatable bonds is 13. The molecule has 8 atom stereocenters. The highest BCUT2D eigenvalue weighted by Gasteiger charge is 2.71. The van der Waals surface area contributed by atoms with Gasteiger partial charge in [0.2, 0.25) is 0 Å². The molecule has 6 fully saturated rings. The van der Waals surface area contributed by atoms with Crippen LogP contribution < -0.4 is 19.7 Å². The van der Waals surface area contributed by atoms with Crippen molar-refractivity contribution in [2.45, 2.75) is 94.4 Å². The number of carbonyl (C=O) groups excluding carboxylic acids is 1. The standard InChI is InChI=1S/C47H59N7O10S/c1-29-4-8-38-30(2)41(62-45-47(38)37(29)10-15-46(3,63-45)64-47)12-17-52-18-20-53(21-19-52)33-5-7-36(42(25-33)61-34-24-32-11-16-48-43(32)50-28-34)44(55)51-65(58,59)35-6-9-39(40(26-35)54(56)57)49-27-31-13-22-60-23-14-31/h5-7,9,11,16,24-26,28-31,37-38,41,45,49H,4,8,10,12-15,17-23,27H2,1-3H3,(H,48,50)(H,51,55)/t29-,30-,37+,38+,41-,45-,46-,47-/m1/s1. The van der Waals surface area contributed by atoms with E-state index in [2.05, 4.69) is 50.6 Å². The summed E-state index contributed by atoms with van der Waals surface area (Å²) in [6.07, 6.45) is 9.99. The van der Waals surface area contributed by atoms with Gasteiger partial charge in [-0.2, -0.15) is 0 Å². The van der Waals surface area contributed by atoms with Gasteiger partial charge >= 0.3 is 0 Å². The van der Waals surface area contributed by atoms with E-state index in [-0.39, 0.29) is 40.9 Å². The molecule has 5 aliphatic heterocycles. The maximum absolute atomic E-state index is 13.9. The topological polar surface area (TPSA) is 200 Å². The van der Waals surface area contributed by atoms with Crippen molar-refractivity contribution in [1.29, 1.82) is 0 Å². The summed E-state index contributed by atoms with van der Waals surface area (Å²) < 4.78 is 61.6. The van der Waals surface area contributed by atoms with Gasteiger partial charge in [0.1, 0.15) is 28.4 Å². The van der Waals surface area contributed by atoms with Crippen LogP contribution in [-0.4, -0.2) is 110 Å². The molecule has 4 aromatic rings. The summed E-state index contributed by atoms with van der Waals surface area (Å²) >= 11 is 0. The van der Waals surface area contributed by atoms with Gasteiger partial charge in [-0.05, 0) is 111 Å². The van der Waals surface area contributed by atoms with Gasteiger partial charge in [-0.15, -0.1) is 0 Å². The predicted molar refractivity (Wildman–Crippen MR) is 241 cm³/mol. The summed E-state index contributed by atoms with van der Waals surface area (Å²) in [5.41, 5.74) is 0.873. The van der Waals surface area contributed by atoms with Crippen LogP contribution in [0.15, 0.2) is 65.8 Å². The van der Waals surface area contributed by atoms with Gasteiger partial charge in [-0.3, -0.25) is 19.8 Å². The Bertz CT molecular complexity index is 2540. The predicted octanol–water partition coefficient (Wildman–Crippen LogP) is 7.05. The Hall–Kier alpha value is -4.85. The third kappa shape index (κ3) is 8.46. The number of anilines is 2. The number of hydrogen-bond acceptors (Lipinski definition) is 14. The zero-order valence-electron chi connectivity index (χ0n) is 37.2. The van der Waals surface area contributed by atoms with Gasteiger partial charge in [0.25, 0.3) is 21.6 Å². The van der Waals surface area contributed by atoms with E-state index in [1.54, 1.807) is 30.5 Å². The fourth-order valence-electron chi connectivity index (χ4n) is 11.6. The lowest BCUT2D eigenvalue weighted by atomic mass is 9.56. The number of H-pyrrole nitrogens is 1. The SMILES string of the molecule is C[C@H]1[C@@H](CCN2CCN(c3ccc(C(=O)NS(=O)(=O)c4ccc(NCC5CCOCC5)c([N+](=O)[O-])c4)c(Oc4cnc5[nH]ccc5c4)c3)CC2)O[C@@H]2O[C@@]3(C)CC[C@H]4[C@H](C)CC[C@@H]1[C@@]24O3. The van der Waals surface area contributed by atoms with E-state index in [9.17, 15) is 23.3 Å². The molecule has 10 rings (SSSR count). The fourth-order valence-corrected chi connectivity index (χ4v) is 12.6. The van der Waals surface area contributed by atoms with Crippen LogP contribution in [0.2, 0.25) is 0 Å². The summed E-state index contributed by atoms with van der Waals surface area (Å²) in [5.74, 6) is 1.06. The number of sulfonamides is 1. The van der Waals surface area contributed by atoms with Crippen LogP contribution in [0.25, 0.3) is 11.0 Å². The molecule has 3 N–H and O–H groups in total. The van der Waals surface area contributed by atoms with Crippen molar-refractivity contribution in [1.82, 2.24) is 19.6 Å². The van der Waals surface area contributed by atoms with Crippen molar-refractivity contribution in [3.63, 3.8) is 0 Å². The molecule has 1 aliphatic carbocycles. The van der Waals surface area contributed by atoms with E-state index < -0.39 is 37.2 Å². The minimum absolute atomic E-state index is 0.0361. The van der Waals surface area contributed by atoms with Gasteiger partial charge < -0.3 is 38.9 Å². The minimum Gasteiger partial charge on any atom is -0.455 e. The Balaban J connectivity index is 0.820. The first kappa shape index (κ1) is 44.0. The summed E-state index contributed by atoms with van der Waals surface area (Å²) in [6, 6.07) is 12.3. The summed E-state index contributed by atoms with van der Waals surface area (Å²) in [5, 5.41) is 16.0. The Labute approximate surface area is 379 Å². The number of aromatic nitrogens is 2. The zero-order valence-corrected chi connectivity index (χ0v) is 38.0. The molecule has 1 amide bonds. The molecule has 6 aliphatic rings. The minimum atomic E-state index is -4.56. The summed E-state index contributed by atoms with van der Waals surface area (Å²) in [6.45, 7) is 12.5. The first-order chi connectivity index (χ1) is 31.3. The van der Waals surface area contributed by atoms with Crippen LogP contribution in [0.1, 0.15) is 76.1 Å². The van der Waals surface area contributed by atoms with Crippen molar-refractivity contribution in [2.24, 2.45) is 29.6 Å². The highest BCUT2D eigenvalue weighted by molar-refractivity contribution is 7.90. The van der Waals surface area contributed by atoms with Gasteiger partial charge in [-0.1, -0.05) is 13.8 Å². The third-order valence-electron chi connectivity index (χ3n) is 15.2. The average Bonchev–Trinajstić information content (AvgIpc) is 3.85.